The topological polar surface area (TPSA) is 53.9 Å². The third-order valence-electron chi connectivity index (χ3n) is 3.93. The Hall–Kier alpha value is -2.38. The Morgan fingerprint density at radius 3 is 2.42 bits per heavy atom. The van der Waals surface area contributed by atoms with Crippen LogP contribution in [0.4, 0.5) is 30.6 Å². The molecule has 3 rings (SSSR count). The van der Waals surface area contributed by atoms with Crippen LogP contribution in [0.5, 0.6) is 0 Å². The molecule has 0 saturated carbocycles. The molecular weight excluding hydrogens is 319 g/mol. The molecule has 1 aliphatic rings. The lowest BCUT2D eigenvalue weighted by Gasteiger charge is -2.20. The van der Waals surface area contributed by atoms with Crippen LogP contribution >= 0.6 is 0 Å². The first-order chi connectivity index (χ1) is 11.5. The first-order valence-electron chi connectivity index (χ1n) is 7.92. The first-order valence-corrected chi connectivity index (χ1v) is 7.92. The Morgan fingerprint density at radius 1 is 1.00 bits per heavy atom. The molecular formula is C16H18F3N5. The summed E-state index contributed by atoms with van der Waals surface area (Å²) in [7, 11) is 0. The summed E-state index contributed by atoms with van der Waals surface area (Å²) in [6, 6.07) is 5.31. The van der Waals surface area contributed by atoms with E-state index in [1.54, 1.807) is 6.07 Å². The van der Waals surface area contributed by atoms with E-state index in [1.807, 2.05) is 4.90 Å². The third-order valence-corrected chi connectivity index (χ3v) is 3.93. The predicted molar refractivity (Wildman–Crippen MR) is 85.2 cm³/mol. The molecule has 0 unspecified atom stereocenters. The molecule has 0 aliphatic carbocycles. The van der Waals surface area contributed by atoms with E-state index in [1.165, 1.54) is 31.2 Å². The minimum Gasteiger partial charge on any atom is -0.339 e. The molecule has 2 heterocycles. The molecule has 0 amide bonds. The van der Waals surface area contributed by atoms with E-state index in [4.69, 9.17) is 0 Å². The lowest BCUT2D eigenvalue weighted by Crippen LogP contribution is -2.26. The maximum atomic E-state index is 13.1. The third kappa shape index (κ3) is 3.93. The lowest BCUT2D eigenvalue weighted by molar-refractivity contribution is -0.136. The highest BCUT2D eigenvalue weighted by atomic mass is 19.4. The van der Waals surface area contributed by atoms with Gasteiger partial charge in [0.2, 0.25) is 5.95 Å². The van der Waals surface area contributed by atoms with Crippen LogP contribution in [0.15, 0.2) is 30.5 Å². The highest BCUT2D eigenvalue weighted by Crippen LogP contribution is 2.35. The van der Waals surface area contributed by atoms with Crippen LogP contribution in [0.1, 0.15) is 31.2 Å². The van der Waals surface area contributed by atoms with Gasteiger partial charge in [-0.05, 0) is 25.0 Å². The molecule has 0 bridgehead atoms. The van der Waals surface area contributed by atoms with E-state index in [-0.39, 0.29) is 11.5 Å². The summed E-state index contributed by atoms with van der Waals surface area (Å²) in [4.78, 5) is 6.36. The van der Waals surface area contributed by atoms with Crippen molar-refractivity contribution in [2.24, 2.45) is 0 Å². The normalized spacial score (nSPS) is 15.9. The number of nitrogens with one attached hydrogen (secondary N) is 1. The second-order valence-electron chi connectivity index (χ2n) is 5.71. The van der Waals surface area contributed by atoms with E-state index in [0.29, 0.717) is 5.95 Å². The molecule has 1 N–H and O–H groups in total. The summed E-state index contributed by atoms with van der Waals surface area (Å²) in [6.45, 7) is 1.68. The minimum atomic E-state index is -4.43. The quantitative estimate of drug-likeness (QED) is 0.917. The van der Waals surface area contributed by atoms with Crippen LogP contribution < -0.4 is 10.2 Å². The van der Waals surface area contributed by atoms with Crippen molar-refractivity contribution in [3.63, 3.8) is 0 Å². The van der Waals surface area contributed by atoms with Gasteiger partial charge in [0.15, 0.2) is 5.82 Å². The molecule has 1 aliphatic heterocycles. The number of rotatable bonds is 3. The molecule has 2 aromatic rings. The van der Waals surface area contributed by atoms with E-state index in [9.17, 15) is 13.2 Å². The molecule has 5 nitrogen and oxygen atoms in total. The summed E-state index contributed by atoms with van der Waals surface area (Å²) in [5.41, 5.74) is -0.785. The highest BCUT2D eigenvalue weighted by Gasteiger charge is 2.33. The van der Waals surface area contributed by atoms with Crippen molar-refractivity contribution >= 4 is 17.5 Å². The largest absolute Gasteiger partial charge is 0.418 e. The first kappa shape index (κ1) is 16.5. The minimum absolute atomic E-state index is 0.0488. The van der Waals surface area contributed by atoms with Crippen molar-refractivity contribution in [2.75, 3.05) is 23.3 Å². The number of alkyl halides is 3. The van der Waals surface area contributed by atoms with Crippen molar-refractivity contribution in [1.29, 1.82) is 0 Å². The number of hydrogen-bond donors (Lipinski definition) is 1. The molecule has 0 radical (unpaired) electrons. The van der Waals surface area contributed by atoms with Gasteiger partial charge in [0, 0.05) is 13.1 Å². The highest BCUT2D eigenvalue weighted by molar-refractivity contribution is 5.61. The molecule has 128 valence electrons. The second-order valence-corrected chi connectivity index (χ2v) is 5.71. The number of anilines is 3. The fraction of sp³-hybridized carbons (Fsp3) is 0.438. The maximum Gasteiger partial charge on any atom is 0.418 e. The van der Waals surface area contributed by atoms with Crippen LogP contribution in [-0.4, -0.2) is 28.3 Å². The second kappa shape index (κ2) is 7.02. The van der Waals surface area contributed by atoms with Gasteiger partial charge in [-0.3, -0.25) is 0 Å². The molecule has 1 aromatic heterocycles. The van der Waals surface area contributed by atoms with E-state index < -0.39 is 11.7 Å². The van der Waals surface area contributed by atoms with Crippen LogP contribution in [0.3, 0.4) is 0 Å². The van der Waals surface area contributed by atoms with Gasteiger partial charge in [-0.1, -0.05) is 25.0 Å². The van der Waals surface area contributed by atoms with Crippen LogP contribution in [0.2, 0.25) is 0 Å². The van der Waals surface area contributed by atoms with Gasteiger partial charge < -0.3 is 10.2 Å². The molecule has 1 fully saturated rings. The standard InChI is InChI=1S/C16H18F3N5/c17-16(18,19)12-7-3-4-8-13(12)21-14-11-20-23-15(22-14)24-9-5-1-2-6-10-24/h3-4,7-8,11H,1-2,5-6,9-10H2,(H,21,22,23). The van der Waals surface area contributed by atoms with E-state index in [0.717, 1.165) is 32.0 Å². The predicted octanol–water partition coefficient (Wildman–Crippen LogP) is 4.01. The SMILES string of the molecule is FC(F)(F)c1ccccc1Nc1cnnc(N2CCCCCC2)n1. The van der Waals surface area contributed by atoms with Gasteiger partial charge in [-0.25, -0.2) is 0 Å². The van der Waals surface area contributed by atoms with Crippen LogP contribution in [-0.2, 0) is 6.18 Å². The average molecular weight is 337 g/mol. The number of nitrogens with zero attached hydrogens (tertiary/aromatic N) is 4. The summed E-state index contributed by atoms with van der Waals surface area (Å²) >= 11 is 0. The van der Waals surface area contributed by atoms with Gasteiger partial charge in [-0.15, -0.1) is 5.10 Å². The number of halogens is 3. The van der Waals surface area contributed by atoms with Gasteiger partial charge in [-0.2, -0.15) is 23.3 Å². The smallest absolute Gasteiger partial charge is 0.339 e. The molecule has 0 atom stereocenters. The fourth-order valence-corrected chi connectivity index (χ4v) is 2.74. The van der Waals surface area contributed by atoms with Crippen LogP contribution in [0, 0.1) is 0 Å². The Bertz CT molecular complexity index is 681. The zero-order chi connectivity index (χ0) is 17.0. The Balaban J connectivity index is 1.83. The molecule has 8 heteroatoms. The Morgan fingerprint density at radius 2 is 1.71 bits per heavy atom. The Labute approximate surface area is 137 Å². The lowest BCUT2D eigenvalue weighted by atomic mass is 10.1. The number of para-hydroxylation sites is 1. The Kier molecular flexibility index (Phi) is 4.82. The van der Waals surface area contributed by atoms with Crippen molar-refractivity contribution in [1.82, 2.24) is 15.2 Å². The van der Waals surface area contributed by atoms with Crippen molar-refractivity contribution in [3.05, 3.63) is 36.0 Å². The summed E-state index contributed by atoms with van der Waals surface area (Å²) in [6.07, 6.45) is 1.34. The molecule has 1 aromatic carbocycles. The van der Waals surface area contributed by atoms with E-state index in [2.05, 4.69) is 20.5 Å². The summed E-state index contributed by atoms with van der Waals surface area (Å²) < 4.78 is 39.2. The van der Waals surface area contributed by atoms with Gasteiger partial charge >= 0.3 is 6.18 Å². The summed E-state index contributed by atoms with van der Waals surface area (Å²) in [5, 5.41) is 10.6. The van der Waals surface area contributed by atoms with Crippen molar-refractivity contribution < 1.29 is 13.2 Å². The van der Waals surface area contributed by atoms with Gasteiger partial charge in [0.25, 0.3) is 0 Å². The van der Waals surface area contributed by atoms with Gasteiger partial charge in [0.1, 0.15) is 0 Å². The monoisotopic (exact) mass is 337 g/mol. The maximum absolute atomic E-state index is 13.1. The summed E-state index contributed by atoms with van der Waals surface area (Å²) in [5.74, 6) is 0.701. The number of benzene rings is 1. The average Bonchev–Trinajstić information content (AvgIpc) is 2.84. The number of aromatic nitrogens is 3. The molecule has 1 saturated heterocycles. The van der Waals surface area contributed by atoms with Crippen molar-refractivity contribution in [2.45, 2.75) is 31.9 Å². The van der Waals surface area contributed by atoms with Gasteiger partial charge in [0.05, 0.1) is 17.4 Å². The molecule has 0 spiro atoms. The zero-order valence-electron chi connectivity index (χ0n) is 13.1. The van der Waals surface area contributed by atoms with Crippen molar-refractivity contribution in [3.8, 4) is 0 Å². The van der Waals surface area contributed by atoms with Crippen LogP contribution in [0.25, 0.3) is 0 Å². The fourth-order valence-electron chi connectivity index (χ4n) is 2.74. The molecule has 24 heavy (non-hydrogen) atoms. The number of hydrogen-bond acceptors (Lipinski definition) is 5. The van der Waals surface area contributed by atoms with E-state index >= 15 is 0 Å². The zero-order valence-corrected chi connectivity index (χ0v) is 13.1.